The van der Waals surface area contributed by atoms with Crippen molar-refractivity contribution in [1.29, 1.82) is 0 Å². The lowest BCUT2D eigenvalue weighted by molar-refractivity contribution is -0.132. The summed E-state index contributed by atoms with van der Waals surface area (Å²) in [4.78, 5) is 18.1. The minimum absolute atomic E-state index is 0.259. The maximum atomic E-state index is 12.5. The topological polar surface area (TPSA) is 35.6 Å². The fourth-order valence-corrected chi connectivity index (χ4v) is 4.87. The Kier molecular flexibility index (Phi) is 4.99. The summed E-state index contributed by atoms with van der Waals surface area (Å²) in [6, 6.07) is 4.14. The number of nitrogens with one attached hydrogen (secondary N) is 1. The summed E-state index contributed by atoms with van der Waals surface area (Å²) >= 11 is 5.19. The van der Waals surface area contributed by atoms with Gasteiger partial charge in [0.1, 0.15) is 0 Å². The second-order valence-corrected chi connectivity index (χ2v) is 8.53. The summed E-state index contributed by atoms with van der Waals surface area (Å²) in [5, 5.41) is 3.44. The van der Waals surface area contributed by atoms with Gasteiger partial charge in [0.2, 0.25) is 5.91 Å². The number of likely N-dealkylation sites (N-methyl/N-ethyl adjacent to an activating group) is 1. The van der Waals surface area contributed by atoms with Crippen molar-refractivity contribution in [3.8, 4) is 0 Å². The second kappa shape index (κ2) is 6.77. The van der Waals surface area contributed by atoms with Crippen LogP contribution in [0.15, 0.2) is 15.9 Å². The largest absolute Gasteiger partial charge is 0.337 e. The molecule has 0 bridgehead atoms. The molecule has 6 heteroatoms. The van der Waals surface area contributed by atoms with Crippen molar-refractivity contribution in [2.45, 2.75) is 13.5 Å². The maximum Gasteiger partial charge on any atom is 0.237 e. The third kappa shape index (κ3) is 3.67. The van der Waals surface area contributed by atoms with Gasteiger partial charge in [-0.15, -0.1) is 11.3 Å². The van der Waals surface area contributed by atoms with Gasteiger partial charge in [0, 0.05) is 24.5 Å². The molecule has 2 fully saturated rings. The highest BCUT2D eigenvalue weighted by atomic mass is 79.9. The van der Waals surface area contributed by atoms with Gasteiger partial charge in [-0.1, -0.05) is 0 Å². The van der Waals surface area contributed by atoms with E-state index in [-0.39, 0.29) is 5.91 Å². The number of nitrogens with zero attached hydrogens (tertiary/aromatic N) is 2. The van der Waals surface area contributed by atoms with Crippen molar-refractivity contribution in [1.82, 2.24) is 15.1 Å². The van der Waals surface area contributed by atoms with Crippen molar-refractivity contribution in [3.63, 3.8) is 0 Å². The first-order chi connectivity index (χ1) is 10.2. The molecule has 2 atom stereocenters. The van der Waals surface area contributed by atoms with Gasteiger partial charge < -0.3 is 10.2 Å². The molecule has 3 heterocycles. The number of halogens is 1. The van der Waals surface area contributed by atoms with Gasteiger partial charge in [0.05, 0.1) is 16.9 Å². The Morgan fingerprint density at radius 3 is 2.71 bits per heavy atom. The number of likely N-dealkylation sites (tertiary alicyclic amines) is 1. The Bertz CT molecular complexity index is 495. The average Bonchev–Trinajstić information content (AvgIpc) is 3.12. The Labute approximate surface area is 138 Å². The number of fused-ring (bicyclic) bond motifs is 1. The molecule has 21 heavy (non-hydrogen) atoms. The SMILES string of the molecule is CCN(Cc1ccc(Br)s1)C(=O)CN1CC2CNCC2C1. The zero-order valence-electron chi connectivity index (χ0n) is 12.3. The Hall–Kier alpha value is -0.430. The van der Waals surface area contributed by atoms with Crippen LogP contribution in [0.5, 0.6) is 0 Å². The number of rotatable bonds is 5. The molecule has 0 aliphatic carbocycles. The summed E-state index contributed by atoms with van der Waals surface area (Å²) in [6.07, 6.45) is 0. The molecular weight excluding hydrogens is 350 g/mol. The fourth-order valence-electron chi connectivity index (χ4n) is 3.37. The Morgan fingerprint density at radius 2 is 2.14 bits per heavy atom. The highest BCUT2D eigenvalue weighted by molar-refractivity contribution is 9.11. The van der Waals surface area contributed by atoms with Crippen molar-refractivity contribution in [2.75, 3.05) is 39.3 Å². The molecule has 0 radical (unpaired) electrons. The molecule has 1 amide bonds. The van der Waals surface area contributed by atoms with Gasteiger partial charge >= 0.3 is 0 Å². The monoisotopic (exact) mass is 371 g/mol. The number of carbonyl (C=O) groups excluding carboxylic acids is 1. The zero-order chi connectivity index (χ0) is 14.8. The highest BCUT2D eigenvalue weighted by Crippen LogP contribution is 2.26. The molecule has 2 aliphatic heterocycles. The number of carbonyl (C=O) groups is 1. The van der Waals surface area contributed by atoms with Crippen LogP contribution in [0.3, 0.4) is 0 Å². The fraction of sp³-hybridized carbons (Fsp3) is 0.667. The third-order valence-electron chi connectivity index (χ3n) is 4.53. The van der Waals surface area contributed by atoms with Crippen LogP contribution in [0.25, 0.3) is 0 Å². The predicted octanol–water partition coefficient (Wildman–Crippen LogP) is 2.01. The van der Waals surface area contributed by atoms with E-state index in [9.17, 15) is 4.79 Å². The normalized spacial score (nSPS) is 25.2. The van der Waals surface area contributed by atoms with Crippen molar-refractivity contribution >= 4 is 33.2 Å². The van der Waals surface area contributed by atoms with Crippen molar-refractivity contribution in [2.24, 2.45) is 11.8 Å². The van der Waals surface area contributed by atoms with Gasteiger partial charge in [0.15, 0.2) is 0 Å². The minimum Gasteiger partial charge on any atom is -0.337 e. The summed E-state index contributed by atoms with van der Waals surface area (Å²) < 4.78 is 1.13. The molecule has 2 unspecified atom stereocenters. The standard InChI is InChI=1S/C15H22BrN3OS/c1-2-19(9-13-3-4-14(16)21-13)15(20)10-18-7-11-5-17-6-12(11)8-18/h3-4,11-12,17H,2,5-10H2,1H3. The number of hydrogen-bond donors (Lipinski definition) is 1. The Morgan fingerprint density at radius 1 is 1.43 bits per heavy atom. The lowest BCUT2D eigenvalue weighted by atomic mass is 10.0. The summed E-state index contributed by atoms with van der Waals surface area (Å²) in [5.74, 6) is 1.76. The van der Waals surface area contributed by atoms with Gasteiger partial charge in [0.25, 0.3) is 0 Å². The van der Waals surface area contributed by atoms with E-state index in [2.05, 4.69) is 39.1 Å². The molecule has 4 nitrogen and oxygen atoms in total. The third-order valence-corrected chi connectivity index (χ3v) is 6.14. The van der Waals surface area contributed by atoms with Gasteiger partial charge in [-0.3, -0.25) is 9.69 Å². The van der Waals surface area contributed by atoms with Crippen LogP contribution in [-0.2, 0) is 11.3 Å². The highest BCUT2D eigenvalue weighted by Gasteiger charge is 2.36. The molecule has 116 valence electrons. The van der Waals surface area contributed by atoms with E-state index in [4.69, 9.17) is 0 Å². The molecule has 0 aromatic carbocycles. The molecule has 2 aliphatic rings. The predicted molar refractivity (Wildman–Crippen MR) is 89.4 cm³/mol. The molecule has 0 saturated carbocycles. The van der Waals surface area contributed by atoms with Crippen LogP contribution in [0, 0.1) is 11.8 Å². The lowest BCUT2D eigenvalue weighted by Crippen LogP contribution is -2.40. The van der Waals surface area contributed by atoms with E-state index in [0.717, 1.165) is 54.9 Å². The molecule has 1 N–H and O–H groups in total. The zero-order valence-corrected chi connectivity index (χ0v) is 14.8. The minimum atomic E-state index is 0.259. The van der Waals surface area contributed by atoms with E-state index < -0.39 is 0 Å². The molecule has 3 rings (SSSR count). The van der Waals surface area contributed by atoms with Crippen LogP contribution in [-0.4, -0.2) is 55.0 Å². The first kappa shape index (κ1) is 15.5. The summed E-state index contributed by atoms with van der Waals surface area (Å²) in [7, 11) is 0. The second-order valence-electron chi connectivity index (χ2n) is 5.99. The van der Waals surface area contributed by atoms with Crippen LogP contribution < -0.4 is 5.32 Å². The molecule has 0 spiro atoms. The molecule has 1 aromatic heterocycles. The summed E-state index contributed by atoms with van der Waals surface area (Å²) in [6.45, 7) is 8.53. The number of thiophene rings is 1. The molecular formula is C15H22BrN3OS. The van der Waals surface area contributed by atoms with Crippen LogP contribution in [0.1, 0.15) is 11.8 Å². The first-order valence-electron chi connectivity index (χ1n) is 7.60. The van der Waals surface area contributed by atoms with Gasteiger partial charge in [-0.2, -0.15) is 0 Å². The smallest absolute Gasteiger partial charge is 0.237 e. The van der Waals surface area contributed by atoms with Crippen LogP contribution in [0.4, 0.5) is 0 Å². The lowest BCUT2D eigenvalue weighted by Gasteiger charge is -2.24. The Balaban J connectivity index is 1.53. The first-order valence-corrected chi connectivity index (χ1v) is 9.21. The van der Waals surface area contributed by atoms with E-state index in [1.807, 2.05) is 11.0 Å². The van der Waals surface area contributed by atoms with E-state index in [1.165, 1.54) is 4.88 Å². The van der Waals surface area contributed by atoms with E-state index >= 15 is 0 Å². The summed E-state index contributed by atoms with van der Waals surface area (Å²) in [5.41, 5.74) is 0. The quantitative estimate of drug-likeness (QED) is 0.859. The van der Waals surface area contributed by atoms with E-state index in [1.54, 1.807) is 11.3 Å². The van der Waals surface area contributed by atoms with E-state index in [0.29, 0.717) is 6.54 Å². The van der Waals surface area contributed by atoms with Crippen molar-refractivity contribution in [3.05, 3.63) is 20.8 Å². The van der Waals surface area contributed by atoms with Crippen molar-refractivity contribution < 1.29 is 4.79 Å². The van der Waals surface area contributed by atoms with Gasteiger partial charge in [-0.05, 0) is 59.9 Å². The molecule has 1 aromatic rings. The average molecular weight is 372 g/mol. The van der Waals surface area contributed by atoms with Crippen LogP contribution in [0.2, 0.25) is 0 Å². The van der Waals surface area contributed by atoms with Crippen LogP contribution >= 0.6 is 27.3 Å². The maximum absolute atomic E-state index is 12.5. The number of hydrogen-bond acceptors (Lipinski definition) is 4. The number of amides is 1. The van der Waals surface area contributed by atoms with Gasteiger partial charge in [-0.25, -0.2) is 0 Å². The molecule has 2 saturated heterocycles.